The number of carbonyl (C=O) groups excluding carboxylic acids is 1. The Morgan fingerprint density at radius 2 is 2.31 bits per heavy atom. The highest BCUT2D eigenvalue weighted by molar-refractivity contribution is 5.78. The van der Waals surface area contributed by atoms with Gasteiger partial charge in [0.1, 0.15) is 0 Å². The van der Waals surface area contributed by atoms with E-state index in [-0.39, 0.29) is 11.8 Å². The molecule has 1 fully saturated rings. The van der Waals surface area contributed by atoms with Crippen molar-refractivity contribution in [3.05, 3.63) is 12.2 Å². The first-order valence-corrected chi connectivity index (χ1v) is 6.52. The Morgan fingerprint density at radius 3 is 3.00 bits per heavy atom. The van der Waals surface area contributed by atoms with E-state index in [9.17, 15) is 4.79 Å². The summed E-state index contributed by atoms with van der Waals surface area (Å²) in [6.07, 6.45) is 10.9. The molecule has 1 saturated heterocycles. The second-order valence-corrected chi connectivity index (χ2v) is 4.85. The molecule has 0 radical (unpaired) electrons. The molecule has 1 heterocycles. The van der Waals surface area contributed by atoms with Crippen molar-refractivity contribution in [2.75, 3.05) is 13.1 Å². The lowest BCUT2D eigenvalue weighted by Crippen LogP contribution is -2.34. The summed E-state index contributed by atoms with van der Waals surface area (Å²) in [7, 11) is 0. The molecular formula is C13H22N2O. The van der Waals surface area contributed by atoms with Gasteiger partial charge in [-0.2, -0.15) is 0 Å². The van der Waals surface area contributed by atoms with Gasteiger partial charge in [-0.1, -0.05) is 12.2 Å². The lowest BCUT2D eigenvalue weighted by Gasteiger charge is -2.18. The average Bonchev–Trinajstić information content (AvgIpc) is 2.83. The Hall–Kier alpha value is -0.830. The van der Waals surface area contributed by atoms with E-state index in [1.807, 2.05) is 0 Å². The van der Waals surface area contributed by atoms with Gasteiger partial charge in [0, 0.05) is 18.5 Å². The molecule has 2 aliphatic rings. The molecule has 90 valence electrons. The summed E-state index contributed by atoms with van der Waals surface area (Å²) in [5.74, 6) is 0.476. The predicted octanol–water partition coefficient (Wildman–Crippen LogP) is 1.60. The van der Waals surface area contributed by atoms with Gasteiger partial charge >= 0.3 is 0 Å². The maximum absolute atomic E-state index is 11.8. The molecule has 0 spiro atoms. The van der Waals surface area contributed by atoms with Crippen LogP contribution in [-0.2, 0) is 4.79 Å². The smallest absolute Gasteiger partial charge is 0.223 e. The van der Waals surface area contributed by atoms with Crippen molar-refractivity contribution < 1.29 is 4.79 Å². The zero-order valence-electron chi connectivity index (χ0n) is 9.87. The van der Waals surface area contributed by atoms with Gasteiger partial charge in [-0.05, 0) is 45.1 Å². The second kappa shape index (κ2) is 6.04. The topological polar surface area (TPSA) is 41.1 Å². The monoisotopic (exact) mass is 222 g/mol. The molecule has 2 N–H and O–H groups in total. The van der Waals surface area contributed by atoms with Crippen LogP contribution in [-0.4, -0.2) is 25.0 Å². The molecule has 2 rings (SSSR count). The molecule has 0 aromatic carbocycles. The summed E-state index contributed by atoms with van der Waals surface area (Å²) in [4.78, 5) is 11.8. The third-order valence-electron chi connectivity index (χ3n) is 3.59. The fourth-order valence-electron chi connectivity index (χ4n) is 2.55. The molecule has 1 amide bonds. The van der Waals surface area contributed by atoms with Crippen molar-refractivity contribution in [3.63, 3.8) is 0 Å². The van der Waals surface area contributed by atoms with E-state index in [0.29, 0.717) is 6.04 Å². The molecule has 0 saturated carbocycles. The van der Waals surface area contributed by atoms with Gasteiger partial charge in [-0.15, -0.1) is 0 Å². The quantitative estimate of drug-likeness (QED) is 0.709. The van der Waals surface area contributed by atoms with Crippen molar-refractivity contribution in [1.29, 1.82) is 0 Å². The molecular weight excluding hydrogens is 200 g/mol. The lowest BCUT2D eigenvalue weighted by atomic mass is 9.93. The fourth-order valence-corrected chi connectivity index (χ4v) is 2.55. The van der Waals surface area contributed by atoms with Crippen LogP contribution < -0.4 is 10.6 Å². The van der Waals surface area contributed by atoms with Crippen molar-refractivity contribution in [1.82, 2.24) is 10.6 Å². The number of allylic oxidation sites excluding steroid dienone is 2. The minimum Gasteiger partial charge on any atom is -0.356 e. The zero-order valence-corrected chi connectivity index (χ0v) is 9.87. The van der Waals surface area contributed by atoms with Gasteiger partial charge in [-0.3, -0.25) is 4.79 Å². The van der Waals surface area contributed by atoms with Crippen molar-refractivity contribution in [3.8, 4) is 0 Å². The summed E-state index contributed by atoms with van der Waals surface area (Å²) >= 11 is 0. The second-order valence-electron chi connectivity index (χ2n) is 4.85. The molecule has 0 aromatic heterocycles. The highest BCUT2D eigenvalue weighted by Crippen LogP contribution is 2.18. The van der Waals surface area contributed by atoms with Gasteiger partial charge in [0.25, 0.3) is 0 Å². The van der Waals surface area contributed by atoms with Crippen molar-refractivity contribution in [2.45, 2.75) is 44.6 Å². The van der Waals surface area contributed by atoms with Gasteiger partial charge in [0.15, 0.2) is 0 Å². The van der Waals surface area contributed by atoms with Crippen LogP contribution in [0.3, 0.4) is 0 Å². The third kappa shape index (κ3) is 3.34. The first-order valence-electron chi connectivity index (χ1n) is 6.52. The minimum absolute atomic E-state index is 0.224. The first-order chi connectivity index (χ1) is 7.86. The van der Waals surface area contributed by atoms with Crippen LogP contribution in [0.25, 0.3) is 0 Å². The van der Waals surface area contributed by atoms with E-state index in [2.05, 4.69) is 22.8 Å². The Balaban J connectivity index is 1.61. The summed E-state index contributed by atoms with van der Waals surface area (Å²) in [6.45, 7) is 1.97. The normalized spacial score (nSPS) is 29.2. The van der Waals surface area contributed by atoms with Crippen molar-refractivity contribution >= 4 is 5.91 Å². The fraction of sp³-hybridized carbons (Fsp3) is 0.769. The van der Waals surface area contributed by atoms with Crippen LogP contribution in [0, 0.1) is 5.92 Å². The lowest BCUT2D eigenvalue weighted by molar-refractivity contribution is -0.125. The number of carbonyl (C=O) groups is 1. The molecule has 3 nitrogen and oxygen atoms in total. The van der Waals surface area contributed by atoms with Crippen molar-refractivity contribution in [2.24, 2.45) is 5.92 Å². The number of rotatable bonds is 4. The van der Waals surface area contributed by atoms with Gasteiger partial charge in [0.2, 0.25) is 5.91 Å². The summed E-state index contributed by atoms with van der Waals surface area (Å²) in [6, 6.07) is 0.631. The third-order valence-corrected chi connectivity index (χ3v) is 3.59. The van der Waals surface area contributed by atoms with Gasteiger partial charge in [-0.25, -0.2) is 0 Å². The Kier molecular flexibility index (Phi) is 4.40. The Morgan fingerprint density at radius 1 is 1.38 bits per heavy atom. The van der Waals surface area contributed by atoms with Crippen LogP contribution in [0.5, 0.6) is 0 Å². The highest BCUT2D eigenvalue weighted by atomic mass is 16.1. The maximum Gasteiger partial charge on any atom is 0.223 e. The zero-order chi connectivity index (χ0) is 11.2. The molecule has 1 aliphatic carbocycles. The molecule has 2 unspecified atom stereocenters. The van der Waals surface area contributed by atoms with Crippen LogP contribution in [0.2, 0.25) is 0 Å². The SMILES string of the molecule is O=C(NCCC1CCCN1)C1CC=CCC1. The molecule has 3 heteroatoms. The first kappa shape index (κ1) is 11.6. The molecule has 1 aliphatic heterocycles. The van der Waals surface area contributed by atoms with E-state index >= 15 is 0 Å². The molecule has 16 heavy (non-hydrogen) atoms. The minimum atomic E-state index is 0.224. The number of hydrogen-bond donors (Lipinski definition) is 2. The van der Waals surface area contributed by atoms with Crippen LogP contribution in [0.15, 0.2) is 12.2 Å². The molecule has 2 atom stereocenters. The van der Waals surface area contributed by atoms with E-state index in [1.54, 1.807) is 0 Å². The van der Waals surface area contributed by atoms with E-state index in [0.717, 1.165) is 38.8 Å². The number of hydrogen-bond acceptors (Lipinski definition) is 2. The Bertz CT molecular complexity index is 257. The predicted molar refractivity (Wildman–Crippen MR) is 65.1 cm³/mol. The number of nitrogens with one attached hydrogen (secondary N) is 2. The standard InChI is InChI=1S/C13H22N2O/c16-13(11-5-2-1-3-6-11)15-10-8-12-7-4-9-14-12/h1-2,11-12,14H,3-10H2,(H,15,16). The van der Waals surface area contributed by atoms with E-state index in [4.69, 9.17) is 0 Å². The van der Waals surface area contributed by atoms with Gasteiger partial charge in [0.05, 0.1) is 0 Å². The average molecular weight is 222 g/mol. The summed E-state index contributed by atoms with van der Waals surface area (Å²) in [5, 5.41) is 6.51. The van der Waals surface area contributed by atoms with Crippen LogP contribution in [0.4, 0.5) is 0 Å². The van der Waals surface area contributed by atoms with E-state index in [1.165, 1.54) is 12.8 Å². The maximum atomic E-state index is 11.8. The summed E-state index contributed by atoms with van der Waals surface area (Å²) in [5.41, 5.74) is 0. The highest BCUT2D eigenvalue weighted by Gasteiger charge is 2.19. The molecule has 0 bridgehead atoms. The van der Waals surface area contributed by atoms with Crippen LogP contribution in [0.1, 0.15) is 38.5 Å². The summed E-state index contributed by atoms with van der Waals surface area (Å²) < 4.78 is 0. The van der Waals surface area contributed by atoms with Crippen LogP contribution >= 0.6 is 0 Å². The largest absolute Gasteiger partial charge is 0.356 e. The van der Waals surface area contributed by atoms with E-state index < -0.39 is 0 Å². The van der Waals surface area contributed by atoms with Gasteiger partial charge < -0.3 is 10.6 Å². The Labute approximate surface area is 97.7 Å². The number of amides is 1. The molecule has 0 aromatic rings.